The third-order valence-electron chi connectivity index (χ3n) is 2.90. The third kappa shape index (κ3) is 3.32. The van der Waals surface area contributed by atoms with Gasteiger partial charge in [-0.1, -0.05) is 0 Å². The molecule has 1 fully saturated rings. The highest BCUT2D eigenvalue weighted by Crippen LogP contribution is 2.14. The van der Waals surface area contributed by atoms with E-state index in [2.05, 4.69) is 10.3 Å². The summed E-state index contributed by atoms with van der Waals surface area (Å²) in [5.41, 5.74) is 0. The van der Waals surface area contributed by atoms with Gasteiger partial charge in [-0.2, -0.15) is 8.78 Å². The summed E-state index contributed by atoms with van der Waals surface area (Å²) < 4.78 is 37.1. The summed E-state index contributed by atoms with van der Waals surface area (Å²) in [6.07, 6.45) is 4.32. The molecule has 1 aromatic rings. The van der Waals surface area contributed by atoms with Crippen LogP contribution in [0.3, 0.4) is 0 Å². The number of alkyl halides is 2. The van der Waals surface area contributed by atoms with Crippen LogP contribution in [0.4, 0.5) is 8.78 Å². The van der Waals surface area contributed by atoms with Gasteiger partial charge in [0.05, 0.1) is 6.54 Å². The van der Waals surface area contributed by atoms with Crippen molar-refractivity contribution in [2.75, 3.05) is 11.5 Å². The van der Waals surface area contributed by atoms with Crippen LogP contribution >= 0.6 is 0 Å². The Morgan fingerprint density at radius 1 is 1.53 bits per heavy atom. The fraction of sp³-hybridized carbons (Fsp3) is 0.700. The molecule has 1 aliphatic rings. The highest BCUT2D eigenvalue weighted by molar-refractivity contribution is 7.85. The smallest absolute Gasteiger partial charge is 0.307 e. The Morgan fingerprint density at radius 2 is 2.24 bits per heavy atom. The van der Waals surface area contributed by atoms with Crippen molar-refractivity contribution in [3.63, 3.8) is 0 Å². The van der Waals surface area contributed by atoms with Crippen molar-refractivity contribution in [3.05, 3.63) is 18.2 Å². The predicted octanol–water partition coefficient (Wildman–Crippen LogP) is 1.28. The molecule has 1 saturated heterocycles. The van der Waals surface area contributed by atoms with Gasteiger partial charge in [0, 0.05) is 40.7 Å². The van der Waals surface area contributed by atoms with E-state index in [1.54, 1.807) is 0 Å². The van der Waals surface area contributed by atoms with Gasteiger partial charge in [0.15, 0.2) is 0 Å². The summed E-state index contributed by atoms with van der Waals surface area (Å²) in [6, 6.07) is 0.260. The van der Waals surface area contributed by atoms with Gasteiger partial charge >= 0.3 is 6.55 Å². The van der Waals surface area contributed by atoms with Crippen LogP contribution in [0.2, 0.25) is 0 Å². The van der Waals surface area contributed by atoms with Crippen LogP contribution in [-0.2, 0) is 17.3 Å². The summed E-state index contributed by atoms with van der Waals surface area (Å²) in [5.74, 6) is 1.73. The zero-order valence-corrected chi connectivity index (χ0v) is 10.1. The molecule has 1 N–H and O–H groups in total. The van der Waals surface area contributed by atoms with E-state index >= 15 is 0 Å². The molecule has 0 aromatic carbocycles. The van der Waals surface area contributed by atoms with Crippen molar-refractivity contribution in [3.8, 4) is 0 Å². The van der Waals surface area contributed by atoms with E-state index in [4.69, 9.17) is 0 Å². The standard InChI is InChI=1S/C10H15F2N3OS/c11-10(12)15-4-3-13-9(15)7-14-8-1-5-17(16)6-2-8/h3-4,8,10,14H,1-2,5-7H2. The average Bonchev–Trinajstić information content (AvgIpc) is 2.76. The Bertz CT molecular complexity index is 387. The highest BCUT2D eigenvalue weighted by atomic mass is 32.2. The van der Waals surface area contributed by atoms with Crippen LogP contribution in [0.1, 0.15) is 25.2 Å². The van der Waals surface area contributed by atoms with E-state index in [0.29, 0.717) is 23.9 Å². The summed E-state index contributed by atoms with van der Waals surface area (Å²) in [7, 11) is -0.694. The lowest BCUT2D eigenvalue weighted by atomic mass is 10.1. The maximum absolute atomic E-state index is 12.5. The van der Waals surface area contributed by atoms with Crippen molar-refractivity contribution in [1.29, 1.82) is 0 Å². The fourth-order valence-corrected chi connectivity index (χ4v) is 3.19. The first-order valence-electron chi connectivity index (χ1n) is 5.55. The third-order valence-corrected chi connectivity index (χ3v) is 4.28. The lowest BCUT2D eigenvalue weighted by Crippen LogP contribution is -2.35. The molecule has 1 aliphatic heterocycles. The summed E-state index contributed by atoms with van der Waals surface area (Å²) in [4.78, 5) is 3.90. The molecular formula is C10H15F2N3OS. The highest BCUT2D eigenvalue weighted by Gasteiger charge is 2.18. The van der Waals surface area contributed by atoms with Gasteiger partial charge in [0.25, 0.3) is 0 Å². The van der Waals surface area contributed by atoms with Crippen molar-refractivity contribution in [2.45, 2.75) is 32.0 Å². The molecule has 2 rings (SSSR count). The molecule has 0 unspecified atom stereocenters. The number of imidazole rings is 1. The van der Waals surface area contributed by atoms with Crippen LogP contribution in [-0.4, -0.2) is 31.3 Å². The Morgan fingerprint density at radius 3 is 2.88 bits per heavy atom. The van der Waals surface area contributed by atoms with E-state index in [1.807, 2.05) is 0 Å². The van der Waals surface area contributed by atoms with E-state index in [-0.39, 0.29) is 6.04 Å². The quantitative estimate of drug-likeness (QED) is 0.890. The minimum atomic E-state index is -2.55. The molecule has 0 bridgehead atoms. The lowest BCUT2D eigenvalue weighted by Gasteiger charge is -2.22. The number of aromatic nitrogens is 2. The first-order valence-corrected chi connectivity index (χ1v) is 7.04. The summed E-state index contributed by atoms with van der Waals surface area (Å²) >= 11 is 0. The van der Waals surface area contributed by atoms with Crippen LogP contribution in [0.5, 0.6) is 0 Å². The number of halogens is 2. The van der Waals surface area contributed by atoms with Crippen LogP contribution in [0.15, 0.2) is 12.4 Å². The van der Waals surface area contributed by atoms with E-state index in [0.717, 1.165) is 17.4 Å². The lowest BCUT2D eigenvalue weighted by molar-refractivity contribution is 0.0664. The number of rotatable bonds is 4. The van der Waals surface area contributed by atoms with Crippen molar-refractivity contribution in [1.82, 2.24) is 14.9 Å². The molecule has 0 aliphatic carbocycles. The van der Waals surface area contributed by atoms with Crippen LogP contribution in [0.25, 0.3) is 0 Å². The van der Waals surface area contributed by atoms with Crippen molar-refractivity contribution >= 4 is 10.8 Å². The number of hydrogen-bond donors (Lipinski definition) is 1. The molecular weight excluding hydrogens is 248 g/mol. The van der Waals surface area contributed by atoms with E-state index in [1.165, 1.54) is 12.4 Å². The molecule has 7 heteroatoms. The molecule has 1 aromatic heterocycles. The van der Waals surface area contributed by atoms with Gasteiger partial charge in [-0.3, -0.25) is 8.78 Å². The van der Waals surface area contributed by atoms with Gasteiger partial charge < -0.3 is 5.32 Å². The largest absolute Gasteiger partial charge is 0.319 e. The minimum absolute atomic E-state index is 0.260. The number of nitrogens with one attached hydrogen (secondary N) is 1. The first kappa shape index (κ1) is 12.6. The zero-order chi connectivity index (χ0) is 12.3. The van der Waals surface area contributed by atoms with Gasteiger partial charge in [-0.25, -0.2) is 4.98 Å². The number of nitrogens with zero attached hydrogens (tertiary/aromatic N) is 2. The molecule has 0 saturated carbocycles. The Balaban J connectivity index is 1.85. The molecule has 96 valence electrons. The van der Waals surface area contributed by atoms with E-state index in [9.17, 15) is 13.0 Å². The molecule has 4 nitrogen and oxygen atoms in total. The van der Waals surface area contributed by atoms with Crippen LogP contribution < -0.4 is 5.32 Å². The summed E-state index contributed by atoms with van der Waals surface area (Å²) in [6.45, 7) is -2.22. The van der Waals surface area contributed by atoms with Crippen molar-refractivity contribution in [2.24, 2.45) is 0 Å². The Hall–Kier alpha value is -0.820. The van der Waals surface area contributed by atoms with Gasteiger partial charge in [0.1, 0.15) is 5.82 Å². The summed E-state index contributed by atoms with van der Waals surface area (Å²) in [5, 5.41) is 3.19. The molecule has 2 heterocycles. The SMILES string of the molecule is O=S1CCC(NCc2nccn2C(F)F)CC1. The maximum Gasteiger partial charge on any atom is 0.319 e. The minimum Gasteiger partial charge on any atom is -0.307 e. The molecule has 17 heavy (non-hydrogen) atoms. The molecule has 0 spiro atoms. The molecule has 0 amide bonds. The van der Waals surface area contributed by atoms with Crippen molar-refractivity contribution < 1.29 is 13.0 Å². The monoisotopic (exact) mass is 263 g/mol. The second-order valence-electron chi connectivity index (χ2n) is 4.03. The zero-order valence-electron chi connectivity index (χ0n) is 9.31. The maximum atomic E-state index is 12.5. The van der Waals surface area contributed by atoms with Gasteiger partial charge in [-0.15, -0.1) is 0 Å². The topological polar surface area (TPSA) is 46.9 Å². The predicted molar refractivity (Wildman–Crippen MR) is 61.2 cm³/mol. The van der Waals surface area contributed by atoms with Crippen LogP contribution in [0, 0.1) is 0 Å². The Kier molecular flexibility index (Phi) is 4.22. The number of hydrogen-bond acceptors (Lipinski definition) is 3. The average molecular weight is 263 g/mol. The fourth-order valence-electron chi connectivity index (χ4n) is 1.89. The second-order valence-corrected chi connectivity index (χ2v) is 5.73. The first-order chi connectivity index (χ1) is 8.16. The Labute approximate surface area is 101 Å². The van der Waals surface area contributed by atoms with Gasteiger partial charge in [-0.05, 0) is 12.8 Å². The van der Waals surface area contributed by atoms with E-state index < -0.39 is 17.3 Å². The normalized spacial score (nSPS) is 25.4. The van der Waals surface area contributed by atoms with Gasteiger partial charge in [0.2, 0.25) is 0 Å². The molecule has 0 atom stereocenters. The second kappa shape index (κ2) is 5.68. The molecule has 0 radical (unpaired) electrons.